The van der Waals surface area contributed by atoms with Crippen LogP contribution >= 0.6 is 0 Å². The van der Waals surface area contributed by atoms with Crippen LogP contribution in [0.15, 0.2) is 0 Å². The molecule has 66 valence electrons. The third-order valence-corrected chi connectivity index (χ3v) is 1.26. The monoisotopic (exact) mass is 158 g/mol. The van der Waals surface area contributed by atoms with E-state index in [9.17, 15) is 4.79 Å². The summed E-state index contributed by atoms with van der Waals surface area (Å²) in [5.74, 6) is -0.222. The fraction of sp³-hybridized carbons (Fsp3) is 0.875. The van der Waals surface area contributed by atoms with Crippen molar-refractivity contribution in [1.82, 2.24) is 5.32 Å². The van der Waals surface area contributed by atoms with Crippen molar-refractivity contribution in [2.45, 2.75) is 39.2 Å². The molecule has 0 atom stereocenters. The van der Waals surface area contributed by atoms with Crippen LogP contribution in [0.1, 0.15) is 33.6 Å². The predicted octanol–water partition coefficient (Wildman–Crippen LogP) is 0.640. The Morgan fingerprint density at radius 3 is 2.36 bits per heavy atom. The lowest BCUT2D eigenvalue weighted by Gasteiger charge is -2.19. The van der Waals surface area contributed by atoms with Gasteiger partial charge in [0.15, 0.2) is 0 Å². The number of amides is 1. The SMILES string of the molecule is CC(C)(C)NCCCC(N)=O. The Balaban J connectivity index is 3.22. The summed E-state index contributed by atoms with van der Waals surface area (Å²) in [6.07, 6.45) is 1.30. The van der Waals surface area contributed by atoms with Gasteiger partial charge in [-0.15, -0.1) is 0 Å². The lowest BCUT2D eigenvalue weighted by Crippen LogP contribution is -2.36. The first-order valence-electron chi connectivity index (χ1n) is 3.95. The first kappa shape index (κ1) is 10.4. The third-order valence-electron chi connectivity index (χ3n) is 1.26. The Bertz CT molecular complexity index is 127. The maximum absolute atomic E-state index is 10.3. The van der Waals surface area contributed by atoms with E-state index in [0.717, 1.165) is 13.0 Å². The Labute approximate surface area is 68.3 Å². The average molecular weight is 158 g/mol. The van der Waals surface area contributed by atoms with Gasteiger partial charge in [-0.3, -0.25) is 4.79 Å². The van der Waals surface area contributed by atoms with Gasteiger partial charge in [0.2, 0.25) is 5.91 Å². The lowest BCUT2D eigenvalue weighted by atomic mass is 10.1. The van der Waals surface area contributed by atoms with E-state index >= 15 is 0 Å². The highest BCUT2D eigenvalue weighted by Crippen LogP contribution is 1.98. The normalized spacial score (nSPS) is 11.5. The molecule has 0 saturated heterocycles. The van der Waals surface area contributed by atoms with Gasteiger partial charge in [0.05, 0.1) is 0 Å². The number of nitrogens with one attached hydrogen (secondary N) is 1. The Kier molecular flexibility index (Phi) is 4.11. The number of rotatable bonds is 4. The molecule has 0 bridgehead atoms. The molecule has 3 N–H and O–H groups in total. The van der Waals surface area contributed by atoms with Gasteiger partial charge in [-0.2, -0.15) is 0 Å². The second-order valence-corrected chi connectivity index (χ2v) is 3.75. The van der Waals surface area contributed by atoms with Gasteiger partial charge in [-0.1, -0.05) is 0 Å². The Hall–Kier alpha value is -0.570. The Morgan fingerprint density at radius 1 is 1.45 bits per heavy atom. The predicted molar refractivity (Wildman–Crippen MR) is 46.2 cm³/mol. The van der Waals surface area contributed by atoms with Crippen LogP contribution in [0.25, 0.3) is 0 Å². The number of nitrogens with two attached hydrogens (primary N) is 1. The third kappa shape index (κ3) is 9.43. The molecule has 0 aromatic heterocycles. The van der Waals surface area contributed by atoms with Crippen molar-refractivity contribution in [2.24, 2.45) is 5.73 Å². The van der Waals surface area contributed by atoms with Gasteiger partial charge in [0.1, 0.15) is 0 Å². The molecule has 0 aromatic carbocycles. The van der Waals surface area contributed by atoms with E-state index in [1.807, 2.05) is 0 Å². The van der Waals surface area contributed by atoms with Crippen LogP contribution in [-0.2, 0) is 4.79 Å². The maximum atomic E-state index is 10.3. The van der Waals surface area contributed by atoms with E-state index in [1.165, 1.54) is 0 Å². The number of carbonyl (C=O) groups is 1. The molecule has 1 amide bonds. The number of hydrogen-bond donors (Lipinski definition) is 2. The summed E-state index contributed by atoms with van der Waals surface area (Å²) in [5.41, 5.74) is 5.11. The largest absolute Gasteiger partial charge is 0.370 e. The van der Waals surface area contributed by atoms with E-state index in [0.29, 0.717) is 6.42 Å². The molecule has 0 aliphatic carbocycles. The molecule has 0 radical (unpaired) electrons. The molecule has 0 spiro atoms. The van der Waals surface area contributed by atoms with Crippen LogP contribution in [0, 0.1) is 0 Å². The van der Waals surface area contributed by atoms with Crippen molar-refractivity contribution >= 4 is 5.91 Å². The minimum atomic E-state index is -0.222. The van der Waals surface area contributed by atoms with Gasteiger partial charge in [0.25, 0.3) is 0 Å². The van der Waals surface area contributed by atoms with Gasteiger partial charge >= 0.3 is 0 Å². The lowest BCUT2D eigenvalue weighted by molar-refractivity contribution is -0.118. The van der Waals surface area contributed by atoms with Crippen molar-refractivity contribution in [2.75, 3.05) is 6.54 Å². The van der Waals surface area contributed by atoms with Crippen LogP contribution in [-0.4, -0.2) is 18.0 Å². The van der Waals surface area contributed by atoms with Gasteiger partial charge in [-0.25, -0.2) is 0 Å². The van der Waals surface area contributed by atoms with E-state index in [4.69, 9.17) is 5.73 Å². The molecule has 0 aromatic rings. The molecule has 0 heterocycles. The molecule has 0 aliphatic heterocycles. The van der Waals surface area contributed by atoms with Gasteiger partial charge in [-0.05, 0) is 33.7 Å². The molecule has 0 saturated carbocycles. The van der Waals surface area contributed by atoms with Crippen molar-refractivity contribution in [1.29, 1.82) is 0 Å². The summed E-state index contributed by atoms with van der Waals surface area (Å²) in [4.78, 5) is 10.3. The molecule has 0 aliphatic rings. The van der Waals surface area contributed by atoms with Crippen LogP contribution in [0.5, 0.6) is 0 Å². The molecule has 3 heteroatoms. The number of primary amides is 1. The first-order chi connectivity index (χ1) is 4.92. The van der Waals surface area contributed by atoms with E-state index in [-0.39, 0.29) is 11.4 Å². The molecular weight excluding hydrogens is 140 g/mol. The highest BCUT2D eigenvalue weighted by Gasteiger charge is 2.07. The van der Waals surface area contributed by atoms with E-state index < -0.39 is 0 Å². The van der Waals surface area contributed by atoms with E-state index in [2.05, 4.69) is 26.1 Å². The first-order valence-corrected chi connectivity index (χ1v) is 3.95. The fourth-order valence-electron chi connectivity index (χ4n) is 0.726. The van der Waals surface area contributed by atoms with Crippen LogP contribution in [0.2, 0.25) is 0 Å². The van der Waals surface area contributed by atoms with Crippen molar-refractivity contribution in [3.63, 3.8) is 0 Å². The topological polar surface area (TPSA) is 55.1 Å². The summed E-state index contributed by atoms with van der Waals surface area (Å²) in [7, 11) is 0. The number of carbonyl (C=O) groups excluding carboxylic acids is 1. The average Bonchev–Trinajstić information content (AvgIpc) is 1.78. The summed E-state index contributed by atoms with van der Waals surface area (Å²) >= 11 is 0. The smallest absolute Gasteiger partial charge is 0.217 e. The standard InChI is InChI=1S/C8H18N2O/c1-8(2,3)10-6-4-5-7(9)11/h10H,4-6H2,1-3H3,(H2,9,11). The summed E-state index contributed by atoms with van der Waals surface area (Å²) in [6.45, 7) is 7.14. The maximum Gasteiger partial charge on any atom is 0.217 e. The second-order valence-electron chi connectivity index (χ2n) is 3.75. The molecule has 3 nitrogen and oxygen atoms in total. The zero-order valence-electron chi connectivity index (χ0n) is 7.61. The molecule has 0 unspecified atom stereocenters. The molecular formula is C8H18N2O. The number of hydrogen-bond acceptors (Lipinski definition) is 2. The molecule has 11 heavy (non-hydrogen) atoms. The highest BCUT2D eigenvalue weighted by atomic mass is 16.1. The van der Waals surface area contributed by atoms with Crippen molar-refractivity contribution in [3.05, 3.63) is 0 Å². The zero-order chi connectivity index (χ0) is 8.91. The van der Waals surface area contributed by atoms with Crippen molar-refractivity contribution in [3.8, 4) is 0 Å². The minimum Gasteiger partial charge on any atom is -0.370 e. The van der Waals surface area contributed by atoms with Crippen LogP contribution in [0.4, 0.5) is 0 Å². The summed E-state index contributed by atoms with van der Waals surface area (Å²) in [5, 5.41) is 3.27. The summed E-state index contributed by atoms with van der Waals surface area (Å²) < 4.78 is 0. The van der Waals surface area contributed by atoms with E-state index in [1.54, 1.807) is 0 Å². The Morgan fingerprint density at radius 2 is 2.00 bits per heavy atom. The molecule has 0 rings (SSSR count). The second kappa shape index (κ2) is 4.34. The minimum absolute atomic E-state index is 0.137. The summed E-state index contributed by atoms with van der Waals surface area (Å²) in [6, 6.07) is 0. The van der Waals surface area contributed by atoms with Crippen LogP contribution in [0.3, 0.4) is 0 Å². The zero-order valence-corrected chi connectivity index (χ0v) is 7.61. The van der Waals surface area contributed by atoms with Crippen LogP contribution < -0.4 is 11.1 Å². The quantitative estimate of drug-likeness (QED) is 0.590. The van der Waals surface area contributed by atoms with Crippen molar-refractivity contribution < 1.29 is 4.79 Å². The fourth-order valence-corrected chi connectivity index (χ4v) is 0.726. The van der Waals surface area contributed by atoms with Gasteiger partial charge < -0.3 is 11.1 Å². The molecule has 0 fully saturated rings. The van der Waals surface area contributed by atoms with Gasteiger partial charge in [0, 0.05) is 12.0 Å². The highest BCUT2D eigenvalue weighted by molar-refractivity contribution is 5.73.